The first-order valence-corrected chi connectivity index (χ1v) is 4.12. The normalized spacial score (nSPS) is 16.4. The van der Waals surface area contributed by atoms with Crippen LogP contribution in [0.1, 0.15) is 29.9 Å². The van der Waals surface area contributed by atoms with Crippen molar-refractivity contribution < 1.29 is 0 Å². The largest absolute Gasteiger partial charge is 0.0985 e. The molecule has 0 bridgehead atoms. The summed E-state index contributed by atoms with van der Waals surface area (Å²) < 4.78 is 0. The second-order valence-corrected chi connectivity index (χ2v) is 3.15. The van der Waals surface area contributed by atoms with E-state index in [1.54, 1.807) is 0 Å². The highest BCUT2D eigenvalue weighted by Crippen LogP contribution is 2.40. The van der Waals surface area contributed by atoms with Gasteiger partial charge in [-0.15, -0.1) is 0 Å². The molecule has 1 aromatic carbocycles. The van der Waals surface area contributed by atoms with Crippen LogP contribution in [-0.2, 0) is 0 Å². The Morgan fingerprint density at radius 3 is 2.82 bits per heavy atom. The fourth-order valence-corrected chi connectivity index (χ4v) is 1.36. The zero-order valence-corrected chi connectivity index (χ0v) is 6.59. The first-order chi connectivity index (χ1) is 5.40. The van der Waals surface area contributed by atoms with Crippen molar-refractivity contribution >= 4 is 6.08 Å². The molecule has 0 heteroatoms. The van der Waals surface area contributed by atoms with E-state index in [4.69, 9.17) is 0 Å². The van der Waals surface area contributed by atoms with E-state index in [0.29, 0.717) is 0 Å². The Morgan fingerprint density at radius 1 is 1.36 bits per heavy atom. The molecule has 56 valence electrons. The minimum atomic E-state index is 0.856. The van der Waals surface area contributed by atoms with Gasteiger partial charge in [0.05, 0.1) is 0 Å². The van der Waals surface area contributed by atoms with Gasteiger partial charge in [0.25, 0.3) is 0 Å². The average Bonchev–Trinajstić information content (AvgIpc) is 2.87. The molecule has 11 heavy (non-hydrogen) atoms. The molecule has 0 aromatic heterocycles. The predicted octanol–water partition coefficient (Wildman–Crippen LogP) is 3.21. The van der Waals surface area contributed by atoms with Crippen molar-refractivity contribution in [3.63, 3.8) is 0 Å². The number of hydrogen-bond donors (Lipinski definition) is 0. The quantitative estimate of drug-likeness (QED) is 0.598. The van der Waals surface area contributed by atoms with Crippen molar-refractivity contribution in [3.05, 3.63) is 42.0 Å². The van der Waals surface area contributed by atoms with E-state index in [1.165, 1.54) is 24.0 Å². The number of rotatable bonds is 2. The highest BCUT2D eigenvalue weighted by molar-refractivity contribution is 5.48. The standard InChI is InChI=1S/C11H12/c1-2-9-4-3-5-11(8-9)10-6-7-10/h2-5,8,10H,1,6-7H2. The molecule has 0 unspecified atom stereocenters. The molecule has 1 fully saturated rings. The first-order valence-electron chi connectivity index (χ1n) is 4.12. The fraction of sp³-hybridized carbons (Fsp3) is 0.273. The van der Waals surface area contributed by atoms with Crippen LogP contribution in [0, 0.1) is 0 Å². The van der Waals surface area contributed by atoms with Crippen LogP contribution in [-0.4, -0.2) is 0 Å². The molecule has 0 amide bonds. The molecule has 0 N–H and O–H groups in total. The van der Waals surface area contributed by atoms with Gasteiger partial charge >= 0.3 is 0 Å². The molecule has 0 nitrogen and oxygen atoms in total. The van der Waals surface area contributed by atoms with Gasteiger partial charge in [0.1, 0.15) is 0 Å². The van der Waals surface area contributed by atoms with E-state index in [1.807, 2.05) is 6.08 Å². The third kappa shape index (κ3) is 1.35. The summed E-state index contributed by atoms with van der Waals surface area (Å²) in [5.74, 6) is 0.856. The Hall–Kier alpha value is -1.04. The van der Waals surface area contributed by atoms with Gasteiger partial charge in [-0.25, -0.2) is 0 Å². The molecule has 1 aliphatic rings. The number of hydrogen-bond acceptors (Lipinski definition) is 0. The van der Waals surface area contributed by atoms with Gasteiger partial charge in [-0.3, -0.25) is 0 Å². The molecule has 0 saturated heterocycles. The van der Waals surface area contributed by atoms with Crippen LogP contribution in [0.5, 0.6) is 0 Å². The lowest BCUT2D eigenvalue weighted by molar-refractivity contribution is 1.13. The predicted molar refractivity (Wildman–Crippen MR) is 48.5 cm³/mol. The van der Waals surface area contributed by atoms with Crippen molar-refractivity contribution in [2.75, 3.05) is 0 Å². The van der Waals surface area contributed by atoms with Crippen molar-refractivity contribution in [2.45, 2.75) is 18.8 Å². The molecule has 0 heterocycles. The Morgan fingerprint density at radius 2 is 2.18 bits per heavy atom. The third-order valence-electron chi connectivity index (χ3n) is 2.20. The Labute approximate surface area is 67.6 Å². The maximum absolute atomic E-state index is 3.75. The minimum absolute atomic E-state index is 0.856. The van der Waals surface area contributed by atoms with Crippen LogP contribution in [0.2, 0.25) is 0 Å². The molecule has 1 saturated carbocycles. The van der Waals surface area contributed by atoms with E-state index in [9.17, 15) is 0 Å². The second-order valence-electron chi connectivity index (χ2n) is 3.15. The van der Waals surface area contributed by atoms with E-state index in [2.05, 4.69) is 30.8 Å². The molecule has 0 radical (unpaired) electrons. The number of benzene rings is 1. The summed E-state index contributed by atoms with van der Waals surface area (Å²) in [6.45, 7) is 3.75. The summed E-state index contributed by atoms with van der Waals surface area (Å²) >= 11 is 0. The zero-order valence-electron chi connectivity index (χ0n) is 6.59. The smallest absolute Gasteiger partial charge is 0.0161 e. The van der Waals surface area contributed by atoms with Crippen LogP contribution >= 0.6 is 0 Å². The van der Waals surface area contributed by atoms with Crippen LogP contribution in [0.25, 0.3) is 6.08 Å². The summed E-state index contributed by atoms with van der Waals surface area (Å²) in [4.78, 5) is 0. The molecule has 1 aliphatic carbocycles. The highest BCUT2D eigenvalue weighted by Gasteiger charge is 2.22. The summed E-state index contributed by atoms with van der Waals surface area (Å²) in [5, 5.41) is 0. The molecule has 0 aliphatic heterocycles. The lowest BCUT2D eigenvalue weighted by atomic mass is 10.1. The van der Waals surface area contributed by atoms with Crippen LogP contribution in [0.3, 0.4) is 0 Å². The lowest BCUT2D eigenvalue weighted by Gasteiger charge is -1.98. The Balaban J connectivity index is 2.33. The van der Waals surface area contributed by atoms with Crippen LogP contribution in [0.4, 0.5) is 0 Å². The molecule has 1 aromatic rings. The van der Waals surface area contributed by atoms with E-state index in [0.717, 1.165) is 5.92 Å². The Bertz CT molecular complexity index is 269. The van der Waals surface area contributed by atoms with Gasteiger partial charge in [0.15, 0.2) is 0 Å². The van der Waals surface area contributed by atoms with E-state index < -0.39 is 0 Å². The molecular formula is C11H12. The summed E-state index contributed by atoms with van der Waals surface area (Å²) in [6, 6.07) is 8.67. The molecule has 2 rings (SSSR count). The maximum Gasteiger partial charge on any atom is -0.0161 e. The zero-order chi connectivity index (χ0) is 7.68. The molecule has 0 atom stereocenters. The fourth-order valence-electron chi connectivity index (χ4n) is 1.36. The van der Waals surface area contributed by atoms with Gasteiger partial charge < -0.3 is 0 Å². The van der Waals surface area contributed by atoms with Crippen molar-refractivity contribution in [1.29, 1.82) is 0 Å². The monoisotopic (exact) mass is 144 g/mol. The highest BCUT2D eigenvalue weighted by atomic mass is 14.3. The van der Waals surface area contributed by atoms with Crippen LogP contribution < -0.4 is 0 Å². The second kappa shape index (κ2) is 2.54. The summed E-state index contributed by atoms with van der Waals surface area (Å²) in [6.07, 6.45) is 4.66. The van der Waals surface area contributed by atoms with Crippen molar-refractivity contribution in [2.24, 2.45) is 0 Å². The summed E-state index contributed by atoms with van der Waals surface area (Å²) in [5.41, 5.74) is 2.73. The topological polar surface area (TPSA) is 0 Å². The summed E-state index contributed by atoms with van der Waals surface area (Å²) in [7, 11) is 0. The van der Waals surface area contributed by atoms with Gasteiger partial charge in [-0.2, -0.15) is 0 Å². The molecular weight excluding hydrogens is 132 g/mol. The van der Waals surface area contributed by atoms with Crippen molar-refractivity contribution in [3.8, 4) is 0 Å². The van der Waals surface area contributed by atoms with Gasteiger partial charge in [0.2, 0.25) is 0 Å². The van der Waals surface area contributed by atoms with Gasteiger partial charge in [0, 0.05) is 0 Å². The SMILES string of the molecule is C=Cc1cccc(C2CC2)c1. The third-order valence-corrected chi connectivity index (χ3v) is 2.20. The maximum atomic E-state index is 3.75. The average molecular weight is 144 g/mol. The van der Waals surface area contributed by atoms with E-state index in [-0.39, 0.29) is 0 Å². The van der Waals surface area contributed by atoms with Gasteiger partial charge in [-0.05, 0) is 29.9 Å². The molecule has 0 spiro atoms. The minimum Gasteiger partial charge on any atom is -0.0985 e. The lowest BCUT2D eigenvalue weighted by Crippen LogP contribution is -1.78. The van der Waals surface area contributed by atoms with Crippen molar-refractivity contribution in [1.82, 2.24) is 0 Å². The Kier molecular flexibility index (Phi) is 1.54. The van der Waals surface area contributed by atoms with Gasteiger partial charge in [-0.1, -0.05) is 36.9 Å². The van der Waals surface area contributed by atoms with Crippen LogP contribution in [0.15, 0.2) is 30.8 Å². The van der Waals surface area contributed by atoms with E-state index >= 15 is 0 Å². The first kappa shape index (κ1) is 6.66.